The molecule has 2 aromatic rings. The fourth-order valence-corrected chi connectivity index (χ4v) is 2.77. The Morgan fingerprint density at radius 3 is 2.59 bits per heavy atom. The van der Waals surface area contributed by atoms with E-state index in [4.69, 9.17) is 5.26 Å². The van der Waals surface area contributed by atoms with Gasteiger partial charge in [-0.3, -0.25) is 9.59 Å². The molecule has 0 aliphatic carbocycles. The molecule has 112 valence electrons. The van der Waals surface area contributed by atoms with Gasteiger partial charge in [0, 0.05) is 50.2 Å². The summed E-state index contributed by atoms with van der Waals surface area (Å²) in [5.74, 6) is 0.0960. The molecule has 6 nitrogen and oxygen atoms in total. The van der Waals surface area contributed by atoms with Gasteiger partial charge in [0.2, 0.25) is 5.91 Å². The highest BCUT2D eigenvalue weighted by Gasteiger charge is 2.19. The van der Waals surface area contributed by atoms with E-state index in [1.807, 2.05) is 29.2 Å². The monoisotopic (exact) mass is 296 g/mol. The Kier molecular flexibility index (Phi) is 3.55. The van der Waals surface area contributed by atoms with Crippen LogP contribution in [0.5, 0.6) is 0 Å². The van der Waals surface area contributed by atoms with Crippen LogP contribution in [0, 0.1) is 11.3 Å². The smallest absolute Gasteiger partial charge is 0.219 e. The Hall–Kier alpha value is -2.81. The second kappa shape index (κ2) is 5.53. The van der Waals surface area contributed by atoms with Gasteiger partial charge in [-0.1, -0.05) is 0 Å². The van der Waals surface area contributed by atoms with Crippen molar-refractivity contribution in [3.05, 3.63) is 40.2 Å². The topological polar surface area (TPSA) is 80.2 Å². The number of nitrogens with zero attached hydrogens (tertiary/aromatic N) is 3. The van der Waals surface area contributed by atoms with Gasteiger partial charge < -0.3 is 14.8 Å². The maximum Gasteiger partial charge on any atom is 0.219 e. The first-order chi connectivity index (χ1) is 10.6. The fourth-order valence-electron chi connectivity index (χ4n) is 2.77. The predicted octanol–water partition coefficient (Wildman–Crippen LogP) is 1.07. The van der Waals surface area contributed by atoms with Crippen LogP contribution in [-0.2, 0) is 4.79 Å². The molecular formula is C16H16N4O2. The Morgan fingerprint density at radius 2 is 1.95 bits per heavy atom. The number of piperazine rings is 1. The zero-order valence-corrected chi connectivity index (χ0v) is 12.3. The zero-order chi connectivity index (χ0) is 15.7. The number of pyridine rings is 1. The van der Waals surface area contributed by atoms with Crippen LogP contribution in [0.15, 0.2) is 29.1 Å². The van der Waals surface area contributed by atoms with Gasteiger partial charge in [0.25, 0.3) is 0 Å². The van der Waals surface area contributed by atoms with Gasteiger partial charge in [0.15, 0.2) is 5.43 Å². The van der Waals surface area contributed by atoms with Gasteiger partial charge >= 0.3 is 0 Å². The van der Waals surface area contributed by atoms with Crippen LogP contribution in [0.4, 0.5) is 5.69 Å². The average Bonchev–Trinajstić information content (AvgIpc) is 2.54. The number of rotatable bonds is 1. The van der Waals surface area contributed by atoms with Crippen LogP contribution in [0.1, 0.15) is 12.6 Å². The minimum absolute atomic E-state index is 0.0960. The van der Waals surface area contributed by atoms with E-state index >= 15 is 0 Å². The summed E-state index contributed by atoms with van der Waals surface area (Å²) < 4.78 is 0. The number of anilines is 1. The van der Waals surface area contributed by atoms with E-state index in [2.05, 4.69) is 9.88 Å². The summed E-state index contributed by atoms with van der Waals surface area (Å²) in [7, 11) is 0. The van der Waals surface area contributed by atoms with Crippen LogP contribution in [0.2, 0.25) is 0 Å². The number of aromatic amines is 1. The molecule has 2 heterocycles. The summed E-state index contributed by atoms with van der Waals surface area (Å²) in [5, 5.41) is 9.46. The normalized spacial score (nSPS) is 14.9. The Balaban J connectivity index is 1.90. The first-order valence-corrected chi connectivity index (χ1v) is 7.16. The van der Waals surface area contributed by atoms with E-state index in [1.54, 1.807) is 6.92 Å². The van der Waals surface area contributed by atoms with Crippen molar-refractivity contribution in [3.8, 4) is 6.07 Å². The fraction of sp³-hybridized carbons (Fsp3) is 0.312. The Bertz CT molecular complexity index is 826. The molecule has 3 rings (SSSR count). The molecule has 22 heavy (non-hydrogen) atoms. The molecule has 0 saturated carbocycles. The van der Waals surface area contributed by atoms with Gasteiger partial charge in [-0.15, -0.1) is 0 Å². The first-order valence-electron chi connectivity index (χ1n) is 7.16. The maximum absolute atomic E-state index is 12.1. The molecule has 1 aliphatic heterocycles. The van der Waals surface area contributed by atoms with Crippen molar-refractivity contribution >= 4 is 22.5 Å². The summed E-state index contributed by atoms with van der Waals surface area (Å²) >= 11 is 0. The standard InChI is InChI=1S/C16H16N4O2/c1-11(21)19-4-6-20(7-5-19)13-2-3-15-14(9-13)16(22)8-12(10-17)18-15/h2-3,8-9H,4-7H2,1H3,(H,18,22). The van der Waals surface area contributed by atoms with Crippen molar-refractivity contribution in [3.63, 3.8) is 0 Å². The number of hydrogen-bond acceptors (Lipinski definition) is 4. The highest BCUT2D eigenvalue weighted by molar-refractivity contribution is 5.83. The average molecular weight is 296 g/mol. The number of H-pyrrole nitrogens is 1. The van der Waals surface area contributed by atoms with Crippen LogP contribution in [0.3, 0.4) is 0 Å². The molecule has 0 radical (unpaired) electrons. The predicted molar refractivity (Wildman–Crippen MR) is 83.8 cm³/mol. The van der Waals surface area contributed by atoms with E-state index in [0.29, 0.717) is 24.0 Å². The van der Waals surface area contributed by atoms with Crippen molar-refractivity contribution in [2.75, 3.05) is 31.1 Å². The van der Waals surface area contributed by atoms with Crippen LogP contribution in [0.25, 0.3) is 10.9 Å². The van der Waals surface area contributed by atoms with Crippen molar-refractivity contribution < 1.29 is 4.79 Å². The van der Waals surface area contributed by atoms with E-state index in [0.717, 1.165) is 18.8 Å². The minimum atomic E-state index is -0.158. The highest BCUT2D eigenvalue weighted by atomic mass is 16.2. The van der Waals surface area contributed by atoms with Crippen molar-refractivity contribution in [1.82, 2.24) is 9.88 Å². The number of nitriles is 1. The third-order valence-corrected chi connectivity index (χ3v) is 4.02. The maximum atomic E-state index is 12.1. The summed E-state index contributed by atoms with van der Waals surface area (Å²) in [5.41, 5.74) is 1.73. The van der Waals surface area contributed by atoms with Gasteiger partial charge in [-0.25, -0.2) is 0 Å². The summed E-state index contributed by atoms with van der Waals surface area (Å²) in [6.07, 6.45) is 0. The molecule has 6 heteroatoms. The van der Waals surface area contributed by atoms with Gasteiger partial charge in [-0.2, -0.15) is 5.26 Å². The molecule has 1 aliphatic rings. The minimum Gasteiger partial charge on any atom is -0.368 e. The number of aromatic nitrogens is 1. The van der Waals surface area contributed by atoms with Crippen LogP contribution >= 0.6 is 0 Å². The lowest BCUT2D eigenvalue weighted by Crippen LogP contribution is -2.48. The molecular weight excluding hydrogens is 280 g/mol. The van der Waals surface area contributed by atoms with Crippen molar-refractivity contribution in [1.29, 1.82) is 5.26 Å². The third-order valence-electron chi connectivity index (χ3n) is 4.02. The summed E-state index contributed by atoms with van der Waals surface area (Å²) in [6.45, 7) is 4.46. The Morgan fingerprint density at radius 1 is 1.23 bits per heavy atom. The molecule has 1 N–H and O–H groups in total. The van der Waals surface area contributed by atoms with E-state index < -0.39 is 0 Å². The molecule has 1 saturated heterocycles. The molecule has 0 spiro atoms. The number of amides is 1. The molecule has 0 bridgehead atoms. The van der Waals surface area contributed by atoms with Gasteiger partial charge in [-0.05, 0) is 18.2 Å². The lowest BCUT2D eigenvalue weighted by Gasteiger charge is -2.35. The van der Waals surface area contributed by atoms with E-state index in [1.165, 1.54) is 6.07 Å². The lowest BCUT2D eigenvalue weighted by atomic mass is 10.1. The lowest BCUT2D eigenvalue weighted by molar-refractivity contribution is -0.129. The molecule has 1 fully saturated rings. The van der Waals surface area contributed by atoms with Gasteiger partial charge in [0.05, 0.1) is 5.52 Å². The molecule has 1 amide bonds. The summed E-state index contributed by atoms with van der Waals surface area (Å²) in [4.78, 5) is 30.4. The number of carbonyl (C=O) groups excluding carboxylic acids is 1. The van der Waals surface area contributed by atoms with E-state index in [-0.39, 0.29) is 17.0 Å². The second-order valence-electron chi connectivity index (χ2n) is 5.38. The molecule has 0 atom stereocenters. The largest absolute Gasteiger partial charge is 0.368 e. The van der Waals surface area contributed by atoms with E-state index in [9.17, 15) is 9.59 Å². The zero-order valence-electron chi connectivity index (χ0n) is 12.3. The molecule has 1 aromatic heterocycles. The number of hydrogen-bond donors (Lipinski definition) is 1. The highest BCUT2D eigenvalue weighted by Crippen LogP contribution is 2.20. The van der Waals surface area contributed by atoms with Crippen LogP contribution in [-0.4, -0.2) is 42.0 Å². The number of nitrogens with one attached hydrogen (secondary N) is 1. The first kappa shape index (κ1) is 14.1. The number of benzene rings is 1. The van der Waals surface area contributed by atoms with Gasteiger partial charge in [0.1, 0.15) is 11.8 Å². The number of carbonyl (C=O) groups is 1. The SMILES string of the molecule is CC(=O)N1CCN(c2ccc3[nH]c(C#N)cc(=O)c3c2)CC1. The number of fused-ring (bicyclic) bond motifs is 1. The van der Waals surface area contributed by atoms with Crippen molar-refractivity contribution in [2.24, 2.45) is 0 Å². The quantitative estimate of drug-likeness (QED) is 0.853. The Labute approximate surface area is 127 Å². The molecule has 1 aromatic carbocycles. The molecule has 0 unspecified atom stereocenters. The third kappa shape index (κ3) is 2.53. The summed E-state index contributed by atoms with van der Waals surface area (Å²) in [6, 6.07) is 8.87. The van der Waals surface area contributed by atoms with Crippen molar-refractivity contribution in [2.45, 2.75) is 6.92 Å². The second-order valence-corrected chi connectivity index (χ2v) is 5.38. The van der Waals surface area contributed by atoms with Crippen LogP contribution < -0.4 is 10.3 Å².